The summed E-state index contributed by atoms with van der Waals surface area (Å²) >= 11 is 0. The summed E-state index contributed by atoms with van der Waals surface area (Å²) in [7, 11) is 1.55. The van der Waals surface area contributed by atoms with Gasteiger partial charge in [-0.1, -0.05) is 12.1 Å². The quantitative estimate of drug-likeness (QED) is 0.862. The van der Waals surface area contributed by atoms with Crippen LogP contribution in [0.25, 0.3) is 11.1 Å². The van der Waals surface area contributed by atoms with E-state index in [9.17, 15) is 18.3 Å². The lowest BCUT2D eigenvalue weighted by molar-refractivity contribution is -0.137. The maximum absolute atomic E-state index is 12.6. The Morgan fingerprint density at radius 1 is 1.28 bits per heavy atom. The molecule has 0 bridgehead atoms. The number of rotatable bonds is 2. The van der Waals surface area contributed by atoms with Gasteiger partial charge in [-0.15, -0.1) is 0 Å². The Morgan fingerprint density at radius 3 is 2.61 bits per heavy atom. The van der Waals surface area contributed by atoms with E-state index in [1.807, 2.05) is 0 Å². The first-order chi connectivity index (χ1) is 8.43. The van der Waals surface area contributed by atoms with Gasteiger partial charge in [0.05, 0.1) is 11.1 Å². The van der Waals surface area contributed by atoms with E-state index in [2.05, 4.69) is 5.32 Å². The number of halogens is 3. The summed E-state index contributed by atoms with van der Waals surface area (Å²) in [4.78, 5) is 0. The van der Waals surface area contributed by atoms with Crippen LogP contribution >= 0.6 is 0 Å². The average Bonchev–Trinajstić information content (AvgIpc) is 2.69. The van der Waals surface area contributed by atoms with Crippen LogP contribution in [0.2, 0.25) is 0 Å². The zero-order valence-electron chi connectivity index (χ0n) is 9.38. The second-order valence-corrected chi connectivity index (χ2v) is 3.65. The first-order valence-corrected chi connectivity index (χ1v) is 5.09. The van der Waals surface area contributed by atoms with Crippen LogP contribution in [-0.2, 0) is 6.18 Å². The van der Waals surface area contributed by atoms with Crippen LogP contribution in [0, 0.1) is 0 Å². The SMILES string of the molecule is CNc1occ(O)c1-c1cccc(C(F)(F)F)c1. The van der Waals surface area contributed by atoms with Gasteiger partial charge in [0.1, 0.15) is 6.26 Å². The first-order valence-electron chi connectivity index (χ1n) is 5.09. The average molecular weight is 257 g/mol. The van der Waals surface area contributed by atoms with Crippen molar-refractivity contribution in [3.05, 3.63) is 36.1 Å². The lowest BCUT2D eigenvalue weighted by Crippen LogP contribution is -2.04. The molecule has 1 heterocycles. The zero-order chi connectivity index (χ0) is 13.3. The zero-order valence-corrected chi connectivity index (χ0v) is 9.38. The first kappa shape index (κ1) is 12.3. The second-order valence-electron chi connectivity index (χ2n) is 3.65. The highest BCUT2D eigenvalue weighted by Gasteiger charge is 2.31. The Hall–Kier alpha value is -2.11. The summed E-state index contributed by atoms with van der Waals surface area (Å²) in [5.74, 6) is 0.00509. The summed E-state index contributed by atoms with van der Waals surface area (Å²) in [5, 5.41) is 12.3. The molecule has 0 saturated heterocycles. The number of hydrogen-bond acceptors (Lipinski definition) is 3. The monoisotopic (exact) mass is 257 g/mol. The highest BCUT2D eigenvalue weighted by Crippen LogP contribution is 2.40. The van der Waals surface area contributed by atoms with Crippen molar-refractivity contribution in [2.45, 2.75) is 6.18 Å². The minimum absolute atomic E-state index is 0.210. The Bertz CT molecular complexity index is 561. The number of aromatic hydroxyl groups is 1. The Morgan fingerprint density at radius 2 is 2.00 bits per heavy atom. The molecular weight excluding hydrogens is 247 g/mol. The molecular formula is C12H10F3NO2. The molecule has 0 amide bonds. The molecule has 0 saturated carbocycles. The molecule has 2 N–H and O–H groups in total. The molecule has 0 fully saturated rings. The highest BCUT2D eigenvalue weighted by molar-refractivity contribution is 5.80. The van der Waals surface area contributed by atoms with Crippen LogP contribution in [-0.4, -0.2) is 12.2 Å². The van der Waals surface area contributed by atoms with E-state index in [4.69, 9.17) is 4.42 Å². The van der Waals surface area contributed by atoms with E-state index >= 15 is 0 Å². The fourth-order valence-electron chi connectivity index (χ4n) is 1.66. The lowest BCUT2D eigenvalue weighted by atomic mass is 10.0. The standard InChI is InChI=1S/C12H10F3NO2/c1-16-11-10(9(17)6-18-11)7-3-2-4-8(5-7)12(13,14)15/h2-6,16-17H,1H3. The molecule has 18 heavy (non-hydrogen) atoms. The summed E-state index contributed by atoms with van der Waals surface area (Å²) in [6.07, 6.45) is -3.35. The molecule has 0 aliphatic rings. The van der Waals surface area contributed by atoms with E-state index in [-0.39, 0.29) is 22.8 Å². The normalized spacial score (nSPS) is 11.6. The highest BCUT2D eigenvalue weighted by atomic mass is 19.4. The van der Waals surface area contributed by atoms with Gasteiger partial charge in [-0.05, 0) is 17.7 Å². The van der Waals surface area contributed by atoms with Crippen molar-refractivity contribution in [2.24, 2.45) is 0 Å². The van der Waals surface area contributed by atoms with Gasteiger partial charge in [0.2, 0.25) is 5.88 Å². The Kier molecular flexibility index (Phi) is 2.94. The van der Waals surface area contributed by atoms with Crippen molar-refractivity contribution in [3.63, 3.8) is 0 Å². The molecule has 96 valence electrons. The molecule has 0 spiro atoms. The fraction of sp³-hybridized carbons (Fsp3) is 0.167. The van der Waals surface area contributed by atoms with Gasteiger partial charge in [0.15, 0.2) is 5.75 Å². The van der Waals surface area contributed by atoms with Gasteiger partial charge in [0, 0.05) is 7.05 Å². The maximum atomic E-state index is 12.6. The third kappa shape index (κ3) is 2.13. The Balaban J connectivity index is 2.55. The third-order valence-corrected chi connectivity index (χ3v) is 2.48. The molecule has 2 rings (SSSR count). The van der Waals surface area contributed by atoms with E-state index < -0.39 is 11.7 Å². The molecule has 0 radical (unpaired) electrons. The van der Waals surface area contributed by atoms with Crippen molar-refractivity contribution in [2.75, 3.05) is 12.4 Å². The van der Waals surface area contributed by atoms with Gasteiger partial charge in [0.25, 0.3) is 0 Å². The van der Waals surface area contributed by atoms with Crippen LogP contribution in [0.15, 0.2) is 34.9 Å². The largest absolute Gasteiger partial charge is 0.504 e. The minimum Gasteiger partial charge on any atom is -0.504 e. The van der Waals surface area contributed by atoms with Crippen LogP contribution in [0.1, 0.15) is 5.56 Å². The van der Waals surface area contributed by atoms with Gasteiger partial charge in [-0.3, -0.25) is 0 Å². The van der Waals surface area contributed by atoms with Crippen molar-refractivity contribution >= 4 is 5.88 Å². The summed E-state index contributed by atoms with van der Waals surface area (Å²) in [5.41, 5.74) is -0.327. The van der Waals surface area contributed by atoms with Crippen molar-refractivity contribution in [1.82, 2.24) is 0 Å². The molecule has 0 aliphatic heterocycles. The third-order valence-electron chi connectivity index (χ3n) is 2.48. The molecule has 1 aromatic heterocycles. The fourth-order valence-corrected chi connectivity index (χ4v) is 1.66. The number of hydrogen-bond donors (Lipinski definition) is 2. The number of benzene rings is 1. The van der Waals surface area contributed by atoms with E-state index in [1.165, 1.54) is 12.1 Å². The van der Waals surface area contributed by atoms with Crippen LogP contribution in [0.3, 0.4) is 0 Å². The van der Waals surface area contributed by atoms with Crippen molar-refractivity contribution in [3.8, 4) is 16.9 Å². The predicted octanol–water partition coefficient (Wildman–Crippen LogP) is 3.71. The second kappa shape index (κ2) is 4.29. The number of furan rings is 1. The molecule has 2 aromatic rings. The van der Waals surface area contributed by atoms with E-state index in [1.54, 1.807) is 7.05 Å². The van der Waals surface area contributed by atoms with Gasteiger partial charge in [-0.25, -0.2) is 0 Å². The summed E-state index contributed by atoms with van der Waals surface area (Å²) in [6, 6.07) is 4.69. The topological polar surface area (TPSA) is 45.4 Å². The molecule has 0 unspecified atom stereocenters. The summed E-state index contributed by atoms with van der Waals surface area (Å²) < 4.78 is 42.8. The predicted molar refractivity (Wildman–Crippen MR) is 60.4 cm³/mol. The van der Waals surface area contributed by atoms with Gasteiger partial charge < -0.3 is 14.8 Å². The minimum atomic E-state index is -4.42. The summed E-state index contributed by atoms with van der Waals surface area (Å²) in [6.45, 7) is 0. The number of alkyl halides is 3. The van der Waals surface area contributed by atoms with E-state index in [0.29, 0.717) is 0 Å². The van der Waals surface area contributed by atoms with Crippen LogP contribution < -0.4 is 5.32 Å². The maximum Gasteiger partial charge on any atom is 0.416 e. The lowest BCUT2D eigenvalue weighted by Gasteiger charge is -2.09. The van der Waals surface area contributed by atoms with Crippen molar-refractivity contribution in [1.29, 1.82) is 0 Å². The Labute approximate surface area is 101 Å². The molecule has 0 atom stereocenters. The molecule has 1 aromatic carbocycles. The smallest absolute Gasteiger partial charge is 0.416 e. The van der Waals surface area contributed by atoms with Gasteiger partial charge >= 0.3 is 6.18 Å². The van der Waals surface area contributed by atoms with E-state index in [0.717, 1.165) is 18.4 Å². The molecule has 3 nitrogen and oxygen atoms in total. The number of anilines is 1. The van der Waals surface area contributed by atoms with Crippen molar-refractivity contribution < 1.29 is 22.7 Å². The molecule has 6 heteroatoms. The molecule has 0 aliphatic carbocycles. The van der Waals surface area contributed by atoms with Crippen LogP contribution in [0.4, 0.5) is 19.1 Å². The van der Waals surface area contributed by atoms with Gasteiger partial charge in [-0.2, -0.15) is 13.2 Å². The number of nitrogens with one attached hydrogen (secondary N) is 1. The van der Waals surface area contributed by atoms with Crippen LogP contribution in [0.5, 0.6) is 5.75 Å².